The van der Waals surface area contributed by atoms with Gasteiger partial charge in [0.2, 0.25) is 0 Å². The SMILES string of the molecule is CNc1cc(C(=O)NCC2CCCN2C)c([N+](=O)[O-])cn1. The average molecular weight is 293 g/mol. The highest BCUT2D eigenvalue weighted by Crippen LogP contribution is 2.20. The number of likely N-dealkylation sites (N-methyl/N-ethyl adjacent to an activating group) is 1. The predicted molar refractivity (Wildman–Crippen MR) is 78.4 cm³/mol. The zero-order valence-corrected chi connectivity index (χ0v) is 12.1. The number of amides is 1. The molecule has 0 saturated carbocycles. The second-order valence-electron chi connectivity index (χ2n) is 5.08. The van der Waals surface area contributed by atoms with Gasteiger partial charge >= 0.3 is 0 Å². The Hall–Kier alpha value is -2.22. The molecule has 1 unspecified atom stereocenters. The van der Waals surface area contributed by atoms with Crippen molar-refractivity contribution in [3.8, 4) is 0 Å². The zero-order chi connectivity index (χ0) is 15.4. The summed E-state index contributed by atoms with van der Waals surface area (Å²) in [7, 11) is 3.65. The zero-order valence-electron chi connectivity index (χ0n) is 12.1. The van der Waals surface area contributed by atoms with Gasteiger partial charge in [-0.05, 0) is 26.4 Å². The van der Waals surface area contributed by atoms with Gasteiger partial charge < -0.3 is 15.5 Å². The van der Waals surface area contributed by atoms with E-state index < -0.39 is 10.8 Å². The number of hydrogen-bond acceptors (Lipinski definition) is 6. The first-order valence-corrected chi connectivity index (χ1v) is 6.83. The lowest BCUT2D eigenvalue weighted by Gasteiger charge is -2.19. The number of pyridine rings is 1. The van der Waals surface area contributed by atoms with Crippen LogP contribution in [-0.4, -0.2) is 53.9 Å². The summed E-state index contributed by atoms with van der Waals surface area (Å²) >= 11 is 0. The van der Waals surface area contributed by atoms with Crippen LogP contribution >= 0.6 is 0 Å². The van der Waals surface area contributed by atoms with Crippen molar-refractivity contribution in [3.05, 3.63) is 27.9 Å². The number of rotatable bonds is 5. The Balaban J connectivity index is 2.11. The van der Waals surface area contributed by atoms with Gasteiger partial charge in [-0.3, -0.25) is 14.9 Å². The molecule has 8 nitrogen and oxygen atoms in total. The number of nitro groups is 1. The molecule has 1 atom stereocenters. The van der Waals surface area contributed by atoms with Crippen molar-refractivity contribution in [2.24, 2.45) is 0 Å². The number of carbonyl (C=O) groups excluding carboxylic acids is 1. The van der Waals surface area contributed by atoms with Gasteiger partial charge in [-0.2, -0.15) is 0 Å². The molecule has 114 valence electrons. The summed E-state index contributed by atoms with van der Waals surface area (Å²) in [6.07, 6.45) is 3.23. The minimum atomic E-state index is -0.594. The molecule has 2 heterocycles. The minimum absolute atomic E-state index is 0.0278. The molecular formula is C13H19N5O3. The lowest BCUT2D eigenvalue weighted by Crippen LogP contribution is -2.38. The monoisotopic (exact) mass is 293 g/mol. The number of hydrogen-bond donors (Lipinski definition) is 2. The van der Waals surface area contributed by atoms with E-state index in [-0.39, 0.29) is 11.3 Å². The van der Waals surface area contributed by atoms with Gasteiger partial charge in [0.25, 0.3) is 11.6 Å². The summed E-state index contributed by atoms with van der Waals surface area (Å²) < 4.78 is 0. The number of likely N-dealkylation sites (tertiary alicyclic amines) is 1. The Morgan fingerprint density at radius 2 is 2.38 bits per heavy atom. The Kier molecular flexibility index (Phi) is 4.69. The van der Waals surface area contributed by atoms with E-state index in [2.05, 4.69) is 20.5 Å². The van der Waals surface area contributed by atoms with Crippen LogP contribution in [0.2, 0.25) is 0 Å². The summed E-state index contributed by atoms with van der Waals surface area (Å²) in [5, 5.41) is 16.5. The Bertz CT molecular complexity index is 549. The summed E-state index contributed by atoms with van der Waals surface area (Å²) in [5.41, 5.74) is -0.258. The van der Waals surface area contributed by atoms with E-state index in [1.165, 1.54) is 6.07 Å². The van der Waals surface area contributed by atoms with Gasteiger partial charge in [0.05, 0.1) is 4.92 Å². The maximum atomic E-state index is 12.2. The lowest BCUT2D eigenvalue weighted by atomic mass is 10.2. The lowest BCUT2D eigenvalue weighted by molar-refractivity contribution is -0.385. The fraction of sp³-hybridized carbons (Fsp3) is 0.538. The van der Waals surface area contributed by atoms with Crippen LogP contribution in [0.4, 0.5) is 11.5 Å². The molecule has 1 aliphatic heterocycles. The summed E-state index contributed by atoms with van der Waals surface area (Å²) in [6.45, 7) is 1.50. The third-order valence-corrected chi connectivity index (χ3v) is 3.75. The Morgan fingerprint density at radius 1 is 1.62 bits per heavy atom. The largest absolute Gasteiger partial charge is 0.373 e. The van der Waals surface area contributed by atoms with E-state index in [1.807, 2.05) is 7.05 Å². The molecule has 0 bridgehead atoms. The van der Waals surface area contributed by atoms with Crippen molar-refractivity contribution < 1.29 is 9.72 Å². The molecule has 0 aromatic carbocycles. The molecular weight excluding hydrogens is 274 g/mol. The molecule has 1 saturated heterocycles. The third kappa shape index (κ3) is 3.46. The van der Waals surface area contributed by atoms with Crippen LogP contribution in [0.25, 0.3) is 0 Å². The topological polar surface area (TPSA) is 100 Å². The molecule has 1 amide bonds. The van der Waals surface area contributed by atoms with Gasteiger partial charge in [0.1, 0.15) is 17.6 Å². The normalized spacial score (nSPS) is 18.5. The summed E-state index contributed by atoms with van der Waals surface area (Å²) in [4.78, 5) is 28.7. The van der Waals surface area contributed by atoms with Gasteiger partial charge in [-0.1, -0.05) is 0 Å². The van der Waals surface area contributed by atoms with Crippen LogP contribution in [0.3, 0.4) is 0 Å². The van der Waals surface area contributed by atoms with Gasteiger partial charge in [0.15, 0.2) is 0 Å². The second kappa shape index (κ2) is 6.49. The highest BCUT2D eigenvalue weighted by molar-refractivity contribution is 5.98. The van der Waals surface area contributed by atoms with Gasteiger partial charge in [0, 0.05) is 25.7 Å². The van der Waals surface area contributed by atoms with E-state index >= 15 is 0 Å². The van der Waals surface area contributed by atoms with Crippen molar-refractivity contribution in [1.82, 2.24) is 15.2 Å². The minimum Gasteiger partial charge on any atom is -0.373 e. The first kappa shape index (κ1) is 15.2. The third-order valence-electron chi connectivity index (χ3n) is 3.75. The number of carbonyl (C=O) groups is 1. The quantitative estimate of drug-likeness (QED) is 0.617. The fourth-order valence-corrected chi connectivity index (χ4v) is 2.46. The molecule has 1 aliphatic rings. The van der Waals surface area contributed by atoms with Crippen molar-refractivity contribution in [2.75, 3.05) is 32.5 Å². The predicted octanol–water partition coefficient (Wildman–Crippen LogP) is 0.856. The van der Waals surface area contributed by atoms with E-state index in [0.29, 0.717) is 18.4 Å². The highest BCUT2D eigenvalue weighted by Gasteiger charge is 2.24. The maximum Gasteiger partial charge on any atom is 0.300 e. The highest BCUT2D eigenvalue weighted by atomic mass is 16.6. The van der Waals surface area contributed by atoms with Crippen LogP contribution in [-0.2, 0) is 0 Å². The van der Waals surface area contributed by atoms with E-state index in [9.17, 15) is 14.9 Å². The second-order valence-corrected chi connectivity index (χ2v) is 5.08. The first-order chi connectivity index (χ1) is 10.0. The summed E-state index contributed by atoms with van der Waals surface area (Å²) in [6, 6.07) is 1.69. The fourth-order valence-electron chi connectivity index (χ4n) is 2.46. The first-order valence-electron chi connectivity index (χ1n) is 6.83. The molecule has 0 spiro atoms. The van der Waals surface area contributed by atoms with Crippen LogP contribution in [0.1, 0.15) is 23.2 Å². The number of aromatic nitrogens is 1. The molecule has 0 aliphatic carbocycles. The molecule has 2 N–H and O–H groups in total. The molecule has 21 heavy (non-hydrogen) atoms. The number of anilines is 1. The number of nitrogens with zero attached hydrogens (tertiary/aromatic N) is 3. The molecule has 0 radical (unpaired) electrons. The molecule has 1 aromatic heterocycles. The van der Waals surface area contributed by atoms with E-state index in [4.69, 9.17) is 0 Å². The maximum absolute atomic E-state index is 12.2. The summed E-state index contributed by atoms with van der Waals surface area (Å²) in [5.74, 6) is -0.0235. The van der Waals surface area contributed by atoms with E-state index in [0.717, 1.165) is 25.6 Å². The van der Waals surface area contributed by atoms with E-state index in [1.54, 1.807) is 7.05 Å². The van der Waals surface area contributed by atoms with Gasteiger partial charge in [-0.25, -0.2) is 4.98 Å². The van der Waals surface area contributed by atoms with Crippen molar-refractivity contribution in [2.45, 2.75) is 18.9 Å². The van der Waals surface area contributed by atoms with Crippen LogP contribution in [0.15, 0.2) is 12.3 Å². The molecule has 8 heteroatoms. The van der Waals surface area contributed by atoms with Crippen molar-refractivity contribution >= 4 is 17.4 Å². The molecule has 2 rings (SSSR count). The van der Waals surface area contributed by atoms with Crippen LogP contribution in [0.5, 0.6) is 0 Å². The van der Waals surface area contributed by atoms with Crippen molar-refractivity contribution in [3.63, 3.8) is 0 Å². The number of nitrogens with one attached hydrogen (secondary N) is 2. The van der Waals surface area contributed by atoms with Crippen molar-refractivity contribution in [1.29, 1.82) is 0 Å². The average Bonchev–Trinajstić information content (AvgIpc) is 2.89. The molecule has 1 fully saturated rings. The van der Waals surface area contributed by atoms with Gasteiger partial charge in [-0.15, -0.1) is 0 Å². The molecule has 1 aromatic rings. The standard InChI is InChI=1S/C13H19N5O3/c1-14-12-6-10(11(8-15-12)18(20)21)13(19)16-7-9-4-3-5-17(9)2/h6,8-9H,3-5,7H2,1-2H3,(H,14,15)(H,16,19). The Labute approximate surface area is 122 Å². The van der Waals surface area contributed by atoms with Crippen LogP contribution in [0, 0.1) is 10.1 Å². The smallest absolute Gasteiger partial charge is 0.300 e. The Morgan fingerprint density at radius 3 is 2.95 bits per heavy atom. The van der Waals surface area contributed by atoms with Crippen LogP contribution < -0.4 is 10.6 Å².